The van der Waals surface area contributed by atoms with Crippen molar-refractivity contribution in [2.75, 3.05) is 13.6 Å². The van der Waals surface area contributed by atoms with Gasteiger partial charge in [0, 0.05) is 28.7 Å². The molecule has 0 fully saturated rings. The topological polar surface area (TPSA) is 59.2 Å². The van der Waals surface area contributed by atoms with Crippen molar-refractivity contribution in [3.63, 3.8) is 0 Å². The Labute approximate surface area is 110 Å². The van der Waals surface area contributed by atoms with Gasteiger partial charge in [0.1, 0.15) is 0 Å². The van der Waals surface area contributed by atoms with Crippen LogP contribution in [0.3, 0.4) is 0 Å². The van der Waals surface area contributed by atoms with Gasteiger partial charge in [0.15, 0.2) is 0 Å². The lowest BCUT2D eigenvalue weighted by molar-refractivity contribution is -0.118. The molecule has 0 radical (unpaired) electrons. The zero-order valence-corrected chi connectivity index (χ0v) is 10.8. The Kier molecular flexibility index (Phi) is 3.79. The molecule has 0 saturated carbocycles. The summed E-state index contributed by atoms with van der Waals surface area (Å²) in [4.78, 5) is 17.0. The van der Waals surface area contributed by atoms with Crippen LogP contribution in [0.25, 0.3) is 10.9 Å². The van der Waals surface area contributed by atoms with E-state index in [1.807, 2.05) is 36.2 Å². The van der Waals surface area contributed by atoms with Crippen LogP contribution in [-0.2, 0) is 11.3 Å². The lowest BCUT2D eigenvalue weighted by atomic mass is 10.1. The molecule has 4 nitrogen and oxygen atoms in total. The second-order valence-electron chi connectivity index (χ2n) is 4.24. The van der Waals surface area contributed by atoms with Crippen LogP contribution in [0.1, 0.15) is 5.56 Å². The number of aromatic nitrogens is 1. The fourth-order valence-corrected chi connectivity index (χ4v) is 2.14. The molecule has 18 heavy (non-hydrogen) atoms. The van der Waals surface area contributed by atoms with E-state index < -0.39 is 0 Å². The Hall–Kier alpha value is -1.65. The Bertz CT molecular complexity index is 585. The predicted molar refractivity (Wildman–Crippen MR) is 72.3 cm³/mol. The quantitative estimate of drug-likeness (QED) is 0.915. The van der Waals surface area contributed by atoms with E-state index in [9.17, 15) is 4.79 Å². The van der Waals surface area contributed by atoms with Crippen LogP contribution in [0.5, 0.6) is 0 Å². The van der Waals surface area contributed by atoms with Crippen LogP contribution in [-0.4, -0.2) is 29.4 Å². The lowest BCUT2D eigenvalue weighted by Gasteiger charge is -2.16. The molecule has 0 aliphatic heterocycles. The molecule has 0 unspecified atom stereocenters. The maximum atomic E-state index is 10.9. The van der Waals surface area contributed by atoms with E-state index in [0.717, 1.165) is 16.5 Å². The van der Waals surface area contributed by atoms with E-state index in [1.54, 1.807) is 6.20 Å². The number of nitrogens with two attached hydrogens (primary N) is 1. The highest BCUT2D eigenvalue weighted by Gasteiger charge is 2.11. The first kappa shape index (κ1) is 12.8. The molecule has 1 heterocycles. The summed E-state index contributed by atoms with van der Waals surface area (Å²) in [7, 11) is 1.82. The molecule has 0 saturated heterocycles. The van der Waals surface area contributed by atoms with Crippen LogP contribution >= 0.6 is 11.6 Å². The minimum Gasteiger partial charge on any atom is -0.369 e. The van der Waals surface area contributed by atoms with E-state index in [0.29, 0.717) is 11.6 Å². The Morgan fingerprint density at radius 2 is 2.22 bits per heavy atom. The number of hydrogen-bond acceptors (Lipinski definition) is 3. The molecule has 1 amide bonds. The summed E-state index contributed by atoms with van der Waals surface area (Å²) in [6, 6.07) is 7.64. The first-order chi connectivity index (χ1) is 8.58. The molecule has 1 aromatic heterocycles. The Morgan fingerprint density at radius 3 is 2.94 bits per heavy atom. The number of pyridine rings is 1. The van der Waals surface area contributed by atoms with Crippen LogP contribution in [0.4, 0.5) is 0 Å². The van der Waals surface area contributed by atoms with Gasteiger partial charge in [-0.1, -0.05) is 23.7 Å². The normalized spacial score (nSPS) is 11.1. The maximum Gasteiger partial charge on any atom is 0.231 e. The van der Waals surface area contributed by atoms with Gasteiger partial charge in [-0.2, -0.15) is 0 Å². The molecule has 2 N–H and O–H groups in total. The summed E-state index contributed by atoms with van der Waals surface area (Å²) >= 11 is 6.20. The molecule has 0 bridgehead atoms. The molecule has 0 atom stereocenters. The van der Waals surface area contributed by atoms with Gasteiger partial charge in [-0.25, -0.2) is 0 Å². The third-order valence-corrected chi connectivity index (χ3v) is 3.03. The van der Waals surface area contributed by atoms with Gasteiger partial charge in [-0.15, -0.1) is 0 Å². The van der Waals surface area contributed by atoms with Gasteiger partial charge in [-0.3, -0.25) is 14.7 Å². The highest BCUT2D eigenvalue weighted by atomic mass is 35.5. The van der Waals surface area contributed by atoms with Crippen molar-refractivity contribution < 1.29 is 4.79 Å². The summed E-state index contributed by atoms with van der Waals surface area (Å²) in [5, 5.41) is 1.68. The summed E-state index contributed by atoms with van der Waals surface area (Å²) in [6.45, 7) is 0.732. The Morgan fingerprint density at radius 1 is 1.44 bits per heavy atom. The number of benzene rings is 1. The standard InChI is InChI=1S/C13H14ClN3O/c1-17(8-12(15)18)7-10-11(14)5-4-9-3-2-6-16-13(9)10/h2-6H,7-8H2,1H3,(H2,15,18). The number of rotatable bonds is 4. The molecule has 5 heteroatoms. The largest absolute Gasteiger partial charge is 0.369 e. The van der Waals surface area contributed by atoms with Crippen molar-refractivity contribution in [3.05, 3.63) is 41.0 Å². The van der Waals surface area contributed by atoms with Crippen molar-refractivity contribution >= 4 is 28.4 Å². The molecule has 0 aliphatic carbocycles. The summed E-state index contributed by atoms with van der Waals surface area (Å²) in [5.74, 6) is -0.359. The smallest absolute Gasteiger partial charge is 0.231 e. The van der Waals surface area contributed by atoms with E-state index in [2.05, 4.69) is 4.98 Å². The van der Waals surface area contributed by atoms with Gasteiger partial charge >= 0.3 is 0 Å². The number of nitrogens with zero attached hydrogens (tertiary/aromatic N) is 2. The van der Waals surface area contributed by atoms with Crippen LogP contribution in [0.15, 0.2) is 30.5 Å². The fraction of sp³-hybridized carbons (Fsp3) is 0.231. The Balaban J connectivity index is 2.37. The predicted octanol–water partition coefficient (Wildman–Crippen LogP) is 1.81. The van der Waals surface area contributed by atoms with Gasteiger partial charge in [0.25, 0.3) is 0 Å². The second-order valence-corrected chi connectivity index (χ2v) is 4.65. The van der Waals surface area contributed by atoms with Crippen molar-refractivity contribution in [2.45, 2.75) is 6.54 Å². The monoisotopic (exact) mass is 263 g/mol. The van der Waals surface area contributed by atoms with Crippen molar-refractivity contribution in [3.8, 4) is 0 Å². The third kappa shape index (κ3) is 2.78. The van der Waals surface area contributed by atoms with Crippen molar-refractivity contribution in [1.29, 1.82) is 0 Å². The zero-order valence-electron chi connectivity index (χ0n) is 10.1. The van der Waals surface area contributed by atoms with Gasteiger partial charge in [0.2, 0.25) is 5.91 Å². The molecular formula is C13H14ClN3O. The number of fused-ring (bicyclic) bond motifs is 1. The highest BCUT2D eigenvalue weighted by molar-refractivity contribution is 6.32. The third-order valence-electron chi connectivity index (χ3n) is 2.68. The van der Waals surface area contributed by atoms with E-state index in [-0.39, 0.29) is 12.5 Å². The van der Waals surface area contributed by atoms with Crippen molar-refractivity contribution in [1.82, 2.24) is 9.88 Å². The zero-order chi connectivity index (χ0) is 13.1. The molecule has 94 valence electrons. The number of amides is 1. The first-order valence-electron chi connectivity index (χ1n) is 5.57. The number of carbonyl (C=O) groups excluding carboxylic acids is 1. The highest BCUT2D eigenvalue weighted by Crippen LogP contribution is 2.25. The molecule has 2 rings (SSSR count). The van der Waals surface area contributed by atoms with Gasteiger partial charge in [0.05, 0.1) is 12.1 Å². The maximum absolute atomic E-state index is 10.9. The average molecular weight is 264 g/mol. The molecule has 0 spiro atoms. The van der Waals surface area contributed by atoms with Gasteiger partial charge in [-0.05, 0) is 19.2 Å². The number of likely N-dealkylation sites (N-methyl/N-ethyl adjacent to an activating group) is 1. The molecule has 2 aromatic rings. The summed E-state index contributed by atoms with van der Waals surface area (Å²) < 4.78 is 0. The number of halogens is 1. The minimum absolute atomic E-state index is 0.194. The second kappa shape index (κ2) is 5.33. The summed E-state index contributed by atoms with van der Waals surface area (Å²) in [6.07, 6.45) is 1.73. The van der Waals surface area contributed by atoms with E-state index in [1.165, 1.54) is 0 Å². The van der Waals surface area contributed by atoms with E-state index in [4.69, 9.17) is 17.3 Å². The number of hydrogen-bond donors (Lipinski definition) is 1. The molecule has 0 aliphatic rings. The van der Waals surface area contributed by atoms with Gasteiger partial charge < -0.3 is 5.73 Å². The van der Waals surface area contributed by atoms with E-state index >= 15 is 0 Å². The number of primary amides is 1. The molecular weight excluding hydrogens is 250 g/mol. The first-order valence-corrected chi connectivity index (χ1v) is 5.94. The summed E-state index contributed by atoms with van der Waals surface area (Å²) in [5.41, 5.74) is 6.95. The minimum atomic E-state index is -0.359. The lowest BCUT2D eigenvalue weighted by Crippen LogP contribution is -2.30. The fourth-order valence-electron chi connectivity index (χ4n) is 1.92. The van der Waals surface area contributed by atoms with Crippen LogP contribution < -0.4 is 5.73 Å². The SMILES string of the molecule is CN(CC(N)=O)Cc1c(Cl)ccc2cccnc12. The number of carbonyl (C=O) groups is 1. The van der Waals surface area contributed by atoms with Crippen molar-refractivity contribution in [2.24, 2.45) is 5.73 Å². The van der Waals surface area contributed by atoms with Crippen LogP contribution in [0, 0.1) is 0 Å². The van der Waals surface area contributed by atoms with Crippen LogP contribution in [0.2, 0.25) is 5.02 Å². The average Bonchev–Trinajstić information content (AvgIpc) is 2.32. The molecule has 1 aromatic carbocycles.